The number of benzene rings is 2. The van der Waals surface area contributed by atoms with Crippen LogP contribution in [-0.4, -0.2) is 19.7 Å². The highest BCUT2D eigenvalue weighted by Crippen LogP contribution is 2.26. The summed E-state index contributed by atoms with van der Waals surface area (Å²) in [5, 5.41) is 9.39. The molecule has 0 atom stereocenters. The molecule has 2 aromatic carbocycles. The predicted molar refractivity (Wildman–Crippen MR) is 90.0 cm³/mol. The Morgan fingerprint density at radius 3 is 2.61 bits per heavy atom. The lowest BCUT2D eigenvalue weighted by atomic mass is 10.2. The van der Waals surface area contributed by atoms with E-state index in [9.17, 15) is 0 Å². The van der Waals surface area contributed by atoms with Crippen LogP contribution in [0.3, 0.4) is 0 Å². The molecule has 23 heavy (non-hydrogen) atoms. The number of nitrogens with zero attached hydrogens (tertiary/aromatic N) is 4. The van der Waals surface area contributed by atoms with Crippen LogP contribution in [0.2, 0.25) is 0 Å². The number of para-hydroxylation sites is 2. The van der Waals surface area contributed by atoms with Crippen molar-refractivity contribution in [2.75, 3.05) is 0 Å². The van der Waals surface area contributed by atoms with Gasteiger partial charge in [0.15, 0.2) is 16.6 Å². The zero-order valence-electron chi connectivity index (χ0n) is 12.5. The van der Waals surface area contributed by atoms with E-state index in [0.717, 1.165) is 27.6 Å². The Hall–Kier alpha value is -2.60. The Balaban J connectivity index is 1.54. The van der Waals surface area contributed by atoms with Gasteiger partial charge in [0.2, 0.25) is 5.89 Å². The van der Waals surface area contributed by atoms with Gasteiger partial charge < -0.3 is 8.98 Å². The van der Waals surface area contributed by atoms with Crippen LogP contribution in [0.25, 0.3) is 22.5 Å². The number of hydrogen-bond donors (Lipinski definition) is 0. The predicted octanol–water partition coefficient (Wildman–Crippen LogP) is 3.92. The second kappa shape index (κ2) is 5.89. The van der Waals surface area contributed by atoms with Crippen molar-refractivity contribution >= 4 is 22.9 Å². The Bertz CT molecular complexity index is 913. The molecule has 0 saturated heterocycles. The van der Waals surface area contributed by atoms with Gasteiger partial charge in [0.05, 0.1) is 5.75 Å². The summed E-state index contributed by atoms with van der Waals surface area (Å²) in [5.41, 5.74) is 2.74. The van der Waals surface area contributed by atoms with Gasteiger partial charge in [-0.2, -0.15) is 0 Å². The standard InChI is InChI=1S/C17H14N4OS/c1-21-16(12-7-3-2-4-8-12)19-20-17(21)23-11-15-18-13-9-5-6-10-14(13)22-15/h2-10H,11H2,1H3. The fourth-order valence-corrected chi connectivity index (χ4v) is 3.14. The van der Waals surface area contributed by atoms with Gasteiger partial charge in [0, 0.05) is 12.6 Å². The van der Waals surface area contributed by atoms with E-state index in [2.05, 4.69) is 15.2 Å². The minimum absolute atomic E-state index is 0.620. The SMILES string of the molecule is Cn1c(SCc2nc3ccccc3o2)nnc1-c1ccccc1. The zero-order valence-corrected chi connectivity index (χ0v) is 13.3. The van der Waals surface area contributed by atoms with E-state index in [1.165, 1.54) is 0 Å². The molecule has 114 valence electrons. The Labute approximate surface area is 137 Å². The maximum atomic E-state index is 5.73. The lowest BCUT2D eigenvalue weighted by Crippen LogP contribution is -1.95. The van der Waals surface area contributed by atoms with E-state index in [1.807, 2.05) is 66.2 Å². The minimum atomic E-state index is 0.620. The molecule has 0 fully saturated rings. The molecule has 0 radical (unpaired) electrons. The molecular weight excluding hydrogens is 308 g/mol. The van der Waals surface area contributed by atoms with Crippen LogP contribution in [0.5, 0.6) is 0 Å². The molecule has 4 rings (SSSR count). The van der Waals surface area contributed by atoms with E-state index in [-0.39, 0.29) is 0 Å². The molecule has 2 heterocycles. The fraction of sp³-hybridized carbons (Fsp3) is 0.118. The molecule has 0 aliphatic heterocycles. The largest absolute Gasteiger partial charge is 0.440 e. The van der Waals surface area contributed by atoms with E-state index < -0.39 is 0 Å². The van der Waals surface area contributed by atoms with Crippen LogP contribution in [0.15, 0.2) is 64.2 Å². The molecule has 4 aromatic rings. The van der Waals surface area contributed by atoms with Crippen molar-refractivity contribution in [2.24, 2.45) is 7.05 Å². The van der Waals surface area contributed by atoms with E-state index in [4.69, 9.17) is 4.42 Å². The van der Waals surface area contributed by atoms with Crippen molar-refractivity contribution in [2.45, 2.75) is 10.9 Å². The molecular formula is C17H14N4OS. The average molecular weight is 322 g/mol. The Morgan fingerprint density at radius 2 is 1.78 bits per heavy atom. The van der Waals surface area contributed by atoms with Gasteiger partial charge in [-0.1, -0.05) is 54.2 Å². The lowest BCUT2D eigenvalue weighted by Gasteiger charge is -2.02. The van der Waals surface area contributed by atoms with Crippen LogP contribution in [0, 0.1) is 0 Å². The quantitative estimate of drug-likeness (QED) is 0.533. The van der Waals surface area contributed by atoms with Crippen LogP contribution in [-0.2, 0) is 12.8 Å². The molecule has 0 aliphatic carbocycles. The Morgan fingerprint density at radius 1 is 1.00 bits per heavy atom. The van der Waals surface area contributed by atoms with Gasteiger partial charge in [-0.15, -0.1) is 10.2 Å². The molecule has 0 N–H and O–H groups in total. The van der Waals surface area contributed by atoms with Crippen LogP contribution in [0.4, 0.5) is 0 Å². The van der Waals surface area contributed by atoms with Gasteiger partial charge in [-0.3, -0.25) is 0 Å². The molecule has 0 amide bonds. The highest BCUT2D eigenvalue weighted by molar-refractivity contribution is 7.98. The lowest BCUT2D eigenvalue weighted by molar-refractivity contribution is 0.555. The summed E-state index contributed by atoms with van der Waals surface area (Å²) < 4.78 is 7.72. The normalized spacial score (nSPS) is 11.2. The minimum Gasteiger partial charge on any atom is -0.440 e. The summed E-state index contributed by atoms with van der Waals surface area (Å²) in [7, 11) is 1.97. The fourth-order valence-electron chi connectivity index (χ4n) is 2.39. The second-order valence-electron chi connectivity index (χ2n) is 5.10. The summed E-state index contributed by atoms with van der Waals surface area (Å²) in [6, 6.07) is 17.8. The Kier molecular flexibility index (Phi) is 3.59. The summed E-state index contributed by atoms with van der Waals surface area (Å²) >= 11 is 1.56. The molecule has 0 unspecified atom stereocenters. The van der Waals surface area contributed by atoms with Crippen LogP contribution >= 0.6 is 11.8 Å². The third kappa shape index (κ3) is 2.73. The van der Waals surface area contributed by atoms with Gasteiger partial charge >= 0.3 is 0 Å². The van der Waals surface area contributed by atoms with Gasteiger partial charge in [-0.25, -0.2) is 4.98 Å². The van der Waals surface area contributed by atoms with Crippen LogP contribution < -0.4 is 0 Å². The smallest absolute Gasteiger partial charge is 0.205 e. The third-order valence-corrected chi connectivity index (χ3v) is 4.53. The first-order chi connectivity index (χ1) is 11.3. The number of fused-ring (bicyclic) bond motifs is 1. The van der Waals surface area contributed by atoms with Crippen molar-refractivity contribution in [1.82, 2.24) is 19.7 Å². The first-order valence-electron chi connectivity index (χ1n) is 7.23. The molecule has 2 aromatic heterocycles. The summed E-state index contributed by atoms with van der Waals surface area (Å²) in [5.74, 6) is 2.17. The van der Waals surface area contributed by atoms with Crippen LogP contribution in [0.1, 0.15) is 5.89 Å². The molecule has 5 nitrogen and oxygen atoms in total. The maximum Gasteiger partial charge on any atom is 0.205 e. The molecule has 0 bridgehead atoms. The number of rotatable bonds is 4. The van der Waals surface area contributed by atoms with Crippen molar-refractivity contribution in [3.05, 3.63) is 60.5 Å². The topological polar surface area (TPSA) is 56.7 Å². The number of oxazole rings is 1. The third-order valence-electron chi connectivity index (χ3n) is 3.53. The van der Waals surface area contributed by atoms with Crippen molar-refractivity contribution < 1.29 is 4.42 Å². The van der Waals surface area contributed by atoms with Crippen molar-refractivity contribution in [3.63, 3.8) is 0 Å². The van der Waals surface area contributed by atoms with Gasteiger partial charge in [0.1, 0.15) is 5.52 Å². The number of aromatic nitrogens is 4. The zero-order chi connectivity index (χ0) is 15.6. The summed E-state index contributed by atoms with van der Waals surface area (Å²) in [6.07, 6.45) is 0. The molecule has 0 aliphatic rings. The first-order valence-corrected chi connectivity index (χ1v) is 8.22. The summed E-state index contributed by atoms with van der Waals surface area (Å²) in [4.78, 5) is 4.48. The highest BCUT2D eigenvalue weighted by Gasteiger charge is 2.12. The average Bonchev–Trinajstić information content (AvgIpc) is 3.17. The monoisotopic (exact) mass is 322 g/mol. The molecule has 0 spiro atoms. The maximum absolute atomic E-state index is 5.73. The summed E-state index contributed by atoms with van der Waals surface area (Å²) in [6.45, 7) is 0. The van der Waals surface area contributed by atoms with Gasteiger partial charge in [-0.05, 0) is 12.1 Å². The van der Waals surface area contributed by atoms with Gasteiger partial charge in [0.25, 0.3) is 0 Å². The van der Waals surface area contributed by atoms with E-state index in [0.29, 0.717) is 11.6 Å². The number of thioether (sulfide) groups is 1. The molecule has 0 saturated carbocycles. The van der Waals surface area contributed by atoms with E-state index >= 15 is 0 Å². The first kappa shape index (κ1) is 14.0. The van der Waals surface area contributed by atoms with E-state index in [1.54, 1.807) is 11.8 Å². The second-order valence-corrected chi connectivity index (χ2v) is 6.04. The molecule has 6 heteroatoms. The highest BCUT2D eigenvalue weighted by atomic mass is 32.2. The van der Waals surface area contributed by atoms with Crippen molar-refractivity contribution in [1.29, 1.82) is 0 Å². The number of hydrogen-bond acceptors (Lipinski definition) is 5. The van der Waals surface area contributed by atoms with Crippen molar-refractivity contribution in [3.8, 4) is 11.4 Å².